The number of ether oxygens (including phenoxy) is 2. The largest absolute Gasteiger partial charge is 0.486 e. The number of quaternary nitrogens is 1. The van der Waals surface area contributed by atoms with Crippen LogP contribution in [0.15, 0.2) is 48.5 Å². The number of benzene rings is 2. The van der Waals surface area contributed by atoms with Gasteiger partial charge in [0.25, 0.3) is 5.91 Å². The number of carbonyl (C=O) groups excluding carboxylic acids is 2. The fraction of sp³-hybridized carbons (Fsp3) is 0.300. The van der Waals surface area contributed by atoms with E-state index in [9.17, 15) is 9.59 Å². The Bertz CT molecular complexity index is 810. The van der Waals surface area contributed by atoms with E-state index in [0.717, 1.165) is 16.9 Å². The van der Waals surface area contributed by atoms with Crippen LogP contribution in [0.2, 0.25) is 0 Å². The van der Waals surface area contributed by atoms with E-state index in [1.807, 2.05) is 60.8 Å². The van der Waals surface area contributed by atoms with Crippen molar-refractivity contribution in [2.45, 2.75) is 19.0 Å². The SMILES string of the molecule is CNC(=O)NC(=O)[C@@H]([NH2+][C@@H](C)c1ccc2c(c1)OCCO2)c1ccccc1. The Labute approximate surface area is 158 Å². The van der Waals surface area contributed by atoms with Crippen LogP contribution in [0.5, 0.6) is 11.5 Å². The van der Waals surface area contributed by atoms with Gasteiger partial charge in [0.15, 0.2) is 17.5 Å². The van der Waals surface area contributed by atoms with Crippen molar-refractivity contribution >= 4 is 11.9 Å². The summed E-state index contributed by atoms with van der Waals surface area (Å²) in [5, 5.41) is 6.71. The highest BCUT2D eigenvalue weighted by molar-refractivity contribution is 5.96. The number of carbonyl (C=O) groups is 2. The molecule has 0 aromatic heterocycles. The van der Waals surface area contributed by atoms with Crippen LogP contribution in [0, 0.1) is 0 Å². The Morgan fingerprint density at radius 1 is 1.00 bits per heavy atom. The summed E-state index contributed by atoms with van der Waals surface area (Å²) in [6.07, 6.45) is 0. The van der Waals surface area contributed by atoms with Gasteiger partial charge in [-0.15, -0.1) is 0 Å². The van der Waals surface area contributed by atoms with Crippen molar-refractivity contribution < 1.29 is 24.4 Å². The summed E-state index contributed by atoms with van der Waals surface area (Å²) in [6.45, 7) is 3.08. The third kappa shape index (κ3) is 4.57. The first-order chi connectivity index (χ1) is 13.1. The maximum atomic E-state index is 12.7. The van der Waals surface area contributed by atoms with E-state index in [4.69, 9.17) is 9.47 Å². The normalized spacial score (nSPS) is 14.7. The molecule has 2 aromatic carbocycles. The molecule has 2 aromatic rings. The Balaban J connectivity index is 1.80. The smallest absolute Gasteiger partial charge is 0.321 e. The molecule has 0 fully saturated rings. The van der Waals surface area contributed by atoms with Gasteiger partial charge in [0.2, 0.25) is 0 Å². The average Bonchev–Trinajstić information content (AvgIpc) is 2.71. The van der Waals surface area contributed by atoms with E-state index < -0.39 is 12.1 Å². The molecule has 1 heterocycles. The predicted octanol–water partition coefficient (Wildman–Crippen LogP) is 1.28. The number of nitrogens with one attached hydrogen (secondary N) is 2. The first-order valence-corrected chi connectivity index (χ1v) is 8.90. The number of nitrogens with two attached hydrogens (primary N) is 1. The van der Waals surface area contributed by atoms with Gasteiger partial charge in [0.1, 0.15) is 19.3 Å². The van der Waals surface area contributed by atoms with Crippen molar-refractivity contribution in [3.05, 3.63) is 59.7 Å². The standard InChI is InChI=1S/C20H23N3O4/c1-13(15-8-9-16-17(12-15)27-11-10-26-16)22-18(14-6-4-3-5-7-14)19(24)23-20(25)21-2/h3-9,12-13,18,22H,10-11H2,1-2H3,(H2,21,23,24,25)/p+1/t13-,18-/m0/s1. The van der Waals surface area contributed by atoms with Gasteiger partial charge in [-0.25, -0.2) is 4.79 Å². The first kappa shape index (κ1) is 18.7. The summed E-state index contributed by atoms with van der Waals surface area (Å²) >= 11 is 0. The molecule has 0 radical (unpaired) electrons. The van der Waals surface area contributed by atoms with Crippen LogP contribution in [0.4, 0.5) is 4.79 Å². The molecular formula is C20H24N3O4+. The third-order valence-electron chi connectivity index (χ3n) is 4.48. The number of fused-ring (bicyclic) bond motifs is 1. The summed E-state index contributed by atoms with van der Waals surface area (Å²) in [4.78, 5) is 24.3. The Morgan fingerprint density at radius 2 is 1.70 bits per heavy atom. The van der Waals surface area contributed by atoms with Crippen molar-refractivity contribution in [3.63, 3.8) is 0 Å². The highest BCUT2D eigenvalue weighted by atomic mass is 16.6. The summed E-state index contributed by atoms with van der Waals surface area (Å²) in [7, 11) is 1.47. The highest BCUT2D eigenvalue weighted by Gasteiger charge is 2.28. The lowest BCUT2D eigenvalue weighted by Crippen LogP contribution is -2.88. The molecule has 2 atom stereocenters. The summed E-state index contributed by atoms with van der Waals surface area (Å²) in [6, 6.07) is 14.0. The van der Waals surface area contributed by atoms with Crippen LogP contribution < -0.4 is 25.4 Å². The van der Waals surface area contributed by atoms with Crippen LogP contribution in [0.25, 0.3) is 0 Å². The molecule has 1 aliphatic heterocycles. The molecule has 0 unspecified atom stereocenters. The lowest BCUT2D eigenvalue weighted by molar-refractivity contribution is -0.719. The van der Waals surface area contributed by atoms with E-state index in [1.165, 1.54) is 7.05 Å². The van der Waals surface area contributed by atoms with E-state index in [1.54, 1.807) is 0 Å². The maximum Gasteiger partial charge on any atom is 0.321 e. The molecule has 0 saturated carbocycles. The van der Waals surface area contributed by atoms with Crippen molar-refractivity contribution in [1.82, 2.24) is 10.6 Å². The van der Waals surface area contributed by atoms with Crippen molar-refractivity contribution in [2.24, 2.45) is 0 Å². The number of urea groups is 1. The number of amides is 3. The van der Waals surface area contributed by atoms with Gasteiger partial charge in [0.05, 0.1) is 0 Å². The molecule has 27 heavy (non-hydrogen) atoms. The summed E-state index contributed by atoms with van der Waals surface area (Å²) < 4.78 is 11.2. The number of rotatable bonds is 5. The molecule has 0 aliphatic carbocycles. The van der Waals surface area contributed by atoms with Gasteiger partial charge in [-0.3, -0.25) is 10.1 Å². The molecule has 4 N–H and O–H groups in total. The molecule has 0 saturated heterocycles. The van der Waals surface area contributed by atoms with Crippen LogP contribution >= 0.6 is 0 Å². The van der Waals surface area contributed by atoms with E-state index >= 15 is 0 Å². The average molecular weight is 370 g/mol. The lowest BCUT2D eigenvalue weighted by atomic mass is 10.0. The van der Waals surface area contributed by atoms with Gasteiger partial charge in [0, 0.05) is 18.2 Å². The fourth-order valence-electron chi connectivity index (χ4n) is 3.01. The second kappa shape index (κ2) is 8.55. The van der Waals surface area contributed by atoms with E-state index in [0.29, 0.717) is 19.0 Å². The van der Waals surface area contributed by atoms with Crippen molar-refractivity contribution in [3.8, 4) is 11.5 Å². The van der Waals surface area contributed by atoms with Gasteiger partial charge in [-0.05, 0) is 25.1 Å². The quantitative estimate of drug-likeness (QED) is 0.739. The first-order valence-electron chi connectivity index (χ1n) is 8.90. The molecule has 7 nitrogen and oxygen atoms in total. The van der Waals surface area contributed by atoms with Gasteiger partial charge < -0.3 is 20.1 Å². The van der Waals surface area contributed by atoms with Crippen LogP contribution in [-0.4, -0.2) is 32.2 Å². The molecule has 3 amide bonds. The van der Waals surface area contributed by atoms with Gasteiger partial charge in [-0.1, -0.05) is 30.3 Å². The Hall–Kier alpha value is -3.06. The number of hydrogen-bond donors (Lipinski definition) is 3. The minimum atomic E-state index is -0.563. The Kier molecular flexibility index (Phi) is 5.93. The van der Waals surface area contributed by atoms with Crippen LogP contribution in [0.3, 0.4) is 0 Å². The van der Waals surface area contributed by atoms with Crippen LogP contribution in [-0.2, 0) is 4.79 Å². The lowest BCUT2D eigenvalue weighted by Gasteiger charge is -2.22. The molecular weight excluding hydrogens is 346 g/mol. The minimum absolute atomic E-state index is 0.0403. The third-order valence-corrected chi connectivity index (χ3v) is 4.48. The molecule has 1 aliphatic rings. The minimum Gasteiger partial charge on any atom is -0.486 e. The van der Waals surface area contributed by atoms with Crippen molar-refractivity contribution in [1.29, 1.82) is 0 Å². The molecule has 7 heteroatoms. The maximum absolute atomic E-state index is 12.7. The number of imide groups is 1. The number of hydrogen-bond acceptors (Lipinski definition) is 4. The highest BCUT2D eigenvalue weighted by Crippen LogP contribution is 2.32. The Morgan fingerprint density at radius 3 is 2.41 bits per heavy atom. The molecule has 0 bridgehead atoms. The van der Waals surface area contributed by atoms with Crippen LogP contribution in [0.1, 0.15) is 30.1 Å². The molecule has 0 spiro atoms. The zero-order valence-corrected chi connectivity index (χ0v) is 15.4. The molecule has 3 rings (SSSR count). The van der Waals surface area contributed by atoms with E-state index in [2.05, 4.69) is 10.6 Å². The summed E-state index contributed by atoms with van der Waals surface area (Å²) in [5.74, 6) is 1.07. The summed E-state index contributed by atoms with van der Waals surface area (Å²) in [5.41, 5.74) is 1.83. The van der Waals surface area contributed by atoms with Crippen molar-refractivity contribution in [2.75, 3.05) is 20.3 Å². The zero-order valence-electron chi connectivity index (χ0n) is 15.4. The van der Waals surface area contributed by atoms with Gasteiger partial charge >= 0.3 is 6.03 Å². The predicted molar refractivity (Wildman–Crippen MR) is 99.6 cm³/mol. The van der Waals surface area contributed by atoms with Gasteiger partial charge in [-0.2, -0.15) is 0 Å². The fourth-order valence-corrected chi connectivity index (χ4v) is 3.01. The second-order valence-electron chi connectivity index (χ2n) is 6.34. The zero-order chi connectivity index (χ0) is 19.2. The second-order valence-corrected chi connectivity index (χ2v) is 6.34. The monoisotopic (exact) mass is 370 g/mol. The topological polar surface area (TPSA) is 93.3 Å². The van der Waals surface area contributed by atoms with E-state index in [-0.39, 0.29) is 11.9 Å². The molecule has 142 valence electrons.